The lowest BCUT2D eigenvalue weighted by Gasteiger charge is -2.21. The van der Waals surface area contributed by atoms with Crippen LogP contribution >= 0.6 is 0 Å². The lowest BCUT2D eigenvalue weighted by atomic mass is 10.1. The van der Waals surface area contributed by atoms with Gasteiger partial charge < -0.3 is 10.2 Å². The second kappa shape index (κ2) is 9.15. The molecule has 0 radical (unpaired) electrons. The largest absolute Gasteiger partial charge is 0.335 e. The predicted molar refractivity (Wildman–Crippen MR) is 115 cm³/mol. The Labute approximate surface area is 171 Å². The second-order valence-corrected chi connectivity index (χ2v) is 7.07. The number of benzene rings is 2. The van der Waals surface area contributed by atoms with Gasteiger partial charge in [-0.05, 0) is 61.7 Å². The van der Waals surface area contributed by atoms with Crippen molar-refractivity contribution >= 4 is 17.5 Å². The van der Waals surface area contributed by atoms with Gasteiger partial charge in [-0.3, -0.25) is 14.6 Å². The molecule has 1 heterocycles. The summed E-state index contributed by atoms with van der Waals surface area (Å²) in [4.78, 5) is 31.5. The fourth-order valence-electron chi connectivity index (χ4n) is 3.24. The summed E-state index contributed by atoms with van der Waals surface area (Å²) in [6.45, 7) is 6.98. The highest BCUT2D eigenvalue weighted by Crippen LogP contribution is 2.16. The van der Waals surface area contributed by atoms with E-state index in [0.717, 1.165) is 16.7 Å². The monoisotopic (exact) mass is 387 g/mol. The molecule has 0 unspecified atom stereocenters. The maximum absolute atomic E-state index is 13.0. The average molecular weight is 387 g/mol. The van der Waals surface area contributed by atoms with Crippen LogP contribution in [0.15, 0.2) is 66.9 Å². The van der Waals surface area contributed by atoms with Gasteiger partial charge in [0.25, 0.3) is 11.8 Å². The van der Waals surface area contributed by atoms with Crippen molar-refractivity contribution in [3.8, 4) is 0 Å². The Morgan fingerprint density at radius 1 is 0.966 bits per heavy atom. The van der Waals surface area contributed by atoms with Gasteiger partial charge in [-0.1, -0.05) is 36.4 Å². The molecule has 2 amide bonds. The number of hydrogen-bond acceptors (Lipinski definition) is 3. The van der Waals surface area contributed by atoms with Gasteiger partial charge in [0.05, 0.1) is 0 Å². The molecule has 0 atom stereocenters. The molecule has 148 valence electrons. The summed E-state index contributed by atoms with van der Waals surface area (Å²) in [6, 6.07) is 18.9. The Morgan fingerprint density at radius 3 is 2.31 bits per heavy atom. The number of hydrogen-bond donors (Lipinski definition) is 1. The number of carbonyl (C=O) groups excluding carboxylic acids is 2. The summed E-state index contributed by atoms with van der Waals surface area (Å²) in [6.07, 6.45) is 1.50. The summed E-state index contributed by atoms with van der Waals surface area (Å²) in [5.41, 5.74) is 4.57. The molecular formula is C24H25N3O2. The zero-order valence-corrected chi connectivity index (χ0v) is 17.0. The van der Waals surface area contributed by atoms with Crippen LogP contribution < -0.4 is 5.32 Å². The van der Waals surface area contributed by atoms with E-state index in [1.165, 1.54) is 6.20 Å². The molecule has 0 aliphatic heterocycles. The van der Waals surface area contributed by atoms with E-state index in [0.29, 0.717) is 24.3 Å². The van der Waals surface area contributed by atoms with Crippen LogP contribution in [0.25, 0.3) is 0 Å². The zero-order valence-electron chi connectivity index (χ0n) is 17.0. The van der Waals surface area contributed by atoms with Crippen LogP contribution in [-0.2, 0) is 6.54 Å². The van der Waals surface area contributed by atoms with Crippen molar-refractivity contribution in [1.29, 1.82) is 0 Å². The smallest absolute Gasteiger partial charge is 0.274 e. The third-order valence-electron chi connectivity index (χ3n) is 4.60. The van der Waals surface area contributed by atoms with Gasteiger partial charge in [0.2, 0.25) is 0 Å². The van der Waals surface area contributed by atoms with Crippen molar-refractivity contribution in [2.45, 2.75) is 27.3 Å². The van der Waals surface area contributed by atoms with E-state index in [1.54, 1.807) is 17.0 Å². The van der Waals surface area contributed by atoms with Gasteiger partial charge >= 0.3 is 0 Å². The Balaban J connectivity index is 1.76. The highest BCUT2D eigenvalue weighted by Gasteiger charge is 2.17. The Morgan fingerprint density at radius 2 is 1.66 bits per heavy atom. The molecule has 0 saturated carbocycles. The van der Waals surface area contributed by atoms with Gasteiger partial charge in [0.1, 0.15) is 5.69 Å². The van der Waals surface area contributed by atoms with E-state index < -0.39 is 0 Å². The number of aromatic nitrogens is 1. The fourth-order valence-corrected chi connectivity index (χ4v) is 3.24. The molecule has 0 aliphatic rings. The molecule has 0 fully saturated rings. The normalized spacial score (nSPS) is 10.4. The lowest BCUT2D eigenvalue weighted by molar-refractivity contribution is 0.0752. The quantitative estimate of drug-likeness (QED) is 0.672. The summed E-state index contributed by atoms with van der Waals surface area (Å²) in [5.74, 6) is -0.463. The predicted octanol–water partition coefficient (Wildman–Crippen LogP) is 4.61. The van der Waals surface area contributed by atoms with E-state index in [1.807, 2.05) is 69.3 Å². The van der Waals surface area contributed by atoms with Crippen molar-refractivity contribution in [2.24, 2.45) is 0 Å². The Bertz CT molecular complexity index is 995. The molecule has 29 heavy (non-hydrogen) atoms. The number of aryl methyl sites for hydroxylation is 2. The van der Waals surface area contributed by atoms with Gasteiger partial charge in [-0.25, -0.2) is 0 Å². The minimum absolute atomic E-state index is 0.126. The van der Waals surface area contributed by atoms with Crippen molar-refractivity contribution in [1.82, 2.24) is 9.88 Å². The highest BCUT2D eigenvalue weighted by molar-refractivity contribution is 6.04. The molecule has 5 heteroatoms. The molecule has 2 aromatic carbocycles. The van der Waals surface area contributed by atoms with Crippen molar-refractivity contribution in [3.05, 3.63) is 94.8 Å². The molecule has 3 aromatic rings. The lowest BCUT2D eigenvalue weighted by Crippen LogP contribution is -2.30. The molecule has 0 saturated heterocycles. The summed E-state index contributed by atoms with van der Waals surface area (Å²) >= 11 is 0. The summed E-state index contributed by atoms with van der Waals surface area (Å²) in [5, 5.41) is 2.86. The SMILES string of the molecule is CCN(Cc1ccccc1)C(=O)c1ccnc(C(=O)Nc2cc(C)cc(C)c2)c1. The van der Waals surface area contributed by atoms with Crippen LogP contribution in [0.2, 0.25) is 0 Å². The number of amides is 2. The molecular weight excluding hydrogens is 362 g/mol. The van der Waals surface area contributed by atoms with Crippen LogP contribution in [-0.4, -0.2) is 28.2 Å². The van der Waals surface area contributed by atoms with E-state index in [4.69, 9.17) is 0 Å². The van der Waals surface area contributed by atoms with Crippen LogP contribution in [0.1, 0.15) is 44.5 Å². The molecule has 0 aliphatic carbocycles. The molecule has 5 nitrogen and oxygen atoms in total. The number of pyridine rings is 1. The minimum atomic E-state index is -0.337. The van der Waals surface area contributed by atoms with Gasteiger partial charge in [-0.15, -0.1) is 0 Å². The van der Waals surface area contributed by atoms with Crippen LogP contribution in [0.5, 0.6) is 0 Å². The first-order chi connectivity index (χ1) is 14.0. The standard InChI is InChI=1S/C24H25N3O2/c1-4-27(16-19-8-6-5-7-9-19)24(29)20-10-11-25-22(15-20)23(28)26-21-13-17(2)12-18(3)14-21/h5-15H,4,16H2,1-3H3,(H,26,28). The first kappa shape index (κ1) is 20.3. The van der Waals surface area contributed by atoms with Crippen molar-refractivity contribution in [3.63, 3.8) is 0 Å². The molecule has 3 rings (SSSR count). The van der Waals surface area contributed by atoms with Gasteiger partial charge in [-0.2, -0.15) is 0 Å². The van der Waals surface area contributed by atoms with Crippen LogP contribution in [0.4, 0.5) is 5.69 Å². The topological polar surface area (TPSA) is 62.3 Å². The number of rotatable bonds is 6. The number of anilines is 1. The van der Waals surface area contributed by atoms with Crippen molar-refractivity contribution < 1.29 is 9.59 Å². The maximum Gasteiger partial charge on any atom is 0.274 e. The van der Waals surface area contributed by atoms with E-state index >= 15 is 0 Å². The molecule has 0 bridgehead atoms. The number of nitrogens with one attached hydrogen (secondary N) is 1. The molecule has 1 N–H and O–H groups in total. The van der Waals surface area contributed by atoms with E-state index in [2.05, 4.69) is 10.3 Å². The Kier molecular flexibility index (Phi) is 6.39. The Hall–Kier alpha value is -3.47. The average Bonchev–Trinajstić information content (AvgIpc) is 2.71. The highest BCUT2D eigenvalue weighted by atomic mass is 16.2. The first-order valence-corrected chi connectivity index (χ1v) is 9.65. The van der Waals surface area contributed by atoms with Crippen LogP contribution in [0, 0.1) is 13.8 Å². The molecule has 0 spiro atoms. The molecule has 1 aromatic heterocycles. The summed E-state index contributed by atoms with van der Waals surface area (Å²) in [7, 11) is 0. The van der Waals surface area contributed by atoms with Gasteiger partial charge in [0.15, 0.2) is 0 Å². The fraction of sp³-hybridized carbons (Fsp3) is 0.208. The third-order valence-corrected chi connectivity index (χ3v) is 4.60. The zero-order chi connectivity index (χ0) is 20.8. The van der Waals surface area contributed by atoms with Crippen LogP contribution in [0.3, 0.4) is 0 Å². The summed E-state index contributed by atoms with van der Waals surface area (Å²) < 4.78 is 0. The second-order valence-electron chi connectivity index (χ2n) is 7.07. The van der Waals surface area contributed by atoms with Crippen molar-refractivity contribution in [2.75, 3.05) is 11.9 Å². The van der Waals surface area contributed by atoms with E-state index in [-0.39, 0.29) is 17.5 Å². The number of nitrogens with zero attached hydrogens (tertiary/aromatic N) is 2. The first-order valence-electron chi connectivity index (χ1n) is 9.65. The minimum Gasteiger partial charge on any atom is -0.335 e. The number of carbonyl (C=O) groups is 2. The maximum atomic E-state index is 13.0. The van der Waals surface area contributed by atoms with E-state index in [9.17, 15) is 9.59 Å². The van der Waals surface area contributed by atoms with Gasteiger partial charge in [0, 0.05) is 30.5 Å². The third kappa shape index (κ3) is 5.29.